The van der Waals surface area contributed by atoms with Crippen LogP contribution in [-0.4, -0.2) is 49.9 Å². The van der Waals surface area contributed by atoms with Gasteiger partial charge in [-0.05, 0) is 69.7 Å². The van der Waals surface area contributed by atoms with Crippen molar-refractivity contribution in [3.8, 4) is 5.75 Å². The first kappa shape index (κ1) is 25.3. The average Bonchev–Trinajstić information content (AvgIpc) is 2.82. The smallest absolute Gasteiger partial charge is 0.406 e. The predicted octanol–water partition coefficient (Wildman–Crippen LogP) is 4.35. The summed E-state index contributed by atoms with van der Waals surface area (Å²) in [6.07, 6.45) is 8.38. The van der Waals surface area contributed by atoms with Gasteiger partial charge < -0.3 is 20.7 Å². The number of nitrogens with zero attached hydrogens (tertiary/aromatic N) is 2. The predicted molar refractivity (Wildman–Crippen MR) is 133 cm³/mol. The van der Waals surface area contributed by atoms with Crippen LogP contribution in [0.25, 0.3) is 0 Å². The van der Waals surface area contributed by atoms with Crippen LogP contribution in [0, 0.1) is 11.8 Å². The van der Waals surface area contributed by atoms with Gasteiger partial charge in [0.05, 0.1) is 17.5 Å². The van der Waals surface area contributed by atoms with E-state index in [0.29, 0.717) is 24.4 Å². The van der Waals surface area contributed by atoms with E-state index in [0.717, 1.165) is 44.0 Å². The maximum absolute atomic E-state index is 12.6. The molecule has 1 saturated heterocycles. The van der Waals surface area contributed by atoms with Crippen LogP contribution in [0.1, 0.15) is 38.2 Å². The lowest BCUT2D eigenvalue weighted by atomic mass is 9.80. The summed E-state index contributed by atoms with van der Waals surface area (Å²) in [7, 11) is 1.80. The number of halogens is 3. The van der Waals surface area contributed by atoms with Crippen LogP contribution in [-0.2, 0) is 6.42 Å². The summed E-state index contributed by atoms with van der Waals surface area (Å²) in [5.74, 6) is 2.28. The third-order valence-electron chi connectivity index (χ3n) is 7.00. The second kappa shape index (κ2) is 10.8. The Morgan fingerprint density at radius 2 is 1.91 bits per heavy atom. The Balaban J connectivity index is 1.22. The molecule has 3 aliphatic rings. The van der Waals surface area contributed by atoms with Crippen molar-refractivity contribution in [3.63, 3.8) is 0 Å². The Bertz CT molecular complexity index is 995. The van der Waals surface area contributed by atoms with E-state index in [1.54, 1.807) is 25.2 Å². The van der Waals surface area contributed by atoms with Crippen LogP contribution in [0.15, 0.2) is 58.6 Å². The third-order valence-corrected chi connectivity index (χ3v) is 7.00. The number of guanidine groups is 1. The maximum atomic E-state index is 12.6. The molecule has 1 aliphatic heterocycles. The highest BCUT2D eigenvalue weighted by Gasteiger charge is 2.40. The molecule has 1 saturated carbocycles. The number of para-hydroxylation sites is 1. The van der Waals surface area contributed by atoms with Gasteiger partial charge in [-0.15, -0.1) is 13.2 Å². The van der Waals surface area contributed by atoms with Crippen LogP contribution in [0.5, 0.6) is 5.75 Å². The zero-order chi connectivity index (χ0) is 24.9. The molecular weight excluding hydrogens is 455 g/mol. The summed E-state index contributed by atoms with van der Waals surface area (Å²) in [5.41, 5.74) is 0.317. The lowest BCUT2D eigenvalue weighted by Gasteiger charge is -2.42. The summed E-state index contributed by atoms with van der Waals surface area (Å²) in [4.78, 5) is 9.42. The number of allylic oxidation sites excluding steroid dienone is 2. The number of nitrogens with one attached hydrogen (secondary N) is 3. The summed E-state index contributed by atoms with van der Waals surface area (Å²) >= 11 is 0. The summed E-state index contributed by atoms with van der Waals surface area (Å²) < 4.78 is 41.9. The Hall–Kier alpha value is -2.81. The van der Waals surface area contributed by atoms with Gasteiger partial charge in [0.25, 0.3) is 0 Å². The SMILES string of the molecule is CN=C1NC(=NC2CCC(CNCCc3ccccc3OC(F)(F)F)CC2)NC2(C)C=CC=CC12. The zero-order valence-corrected chi connectivity index (χ0v) is 20.2. The van der Waals surface area contributed by atoms with Gasteiger partial charge in [-0.1, -0.05) is 42.5 Å². The molecule has 1 aromatic rings. The summed E-state index contributed by atoms with van der Waals surface area (Å²) in [5, 5.41) is 10.3. The molecule has 2 atom stereocenters. The molecular formula is C26H34F3N5O. The average molecular weight is 490 g/mol. The number of rotatable bonds is 7. The van der Waals surface area contributed by atoms with Gasteiger partial charge in [0, 0.05) is 7.05 Å². The molecule has 0 aromatic heterocycles. The number of amidine groups is 1. The molecule has 2 fully saturated rings. The number of fused-ring (bicyclic) bond motifs is 1. The molecule has 0 spiro atoms. The number of hydrogen-bond donors (Lipinski definition) is 3. The fourth-order valence-electron chi connectivity index (χ4n) is 5.10. The fourth-order valence-corrected chi connectivity index (χ4v) is 5.10. The molecule has 4 rings (SSSR count). The summed E-state index contributed by atoms with van der Waals surface area (Å²) in [6, 6.07) is 6.58. The van der Waals surface area contributed by atoms with Crippen molar-refractivity contribution in [3.05, 3.63) is 54.1 Å². The normalized spacial score (nSPS) is 30.6. The largest absolute Gasteiger partial charge is 0.573 e. The molecule has 6 nitrogen and oxygen atoms in total. The second-order valence-corrected chi connectivity index (χ2v) is 9.63. The Morgan fingerprint density at radius 3 is 2.66 bits per heavy atom. The fraction of sp³-hybridized carbons (Fsp3) is 0.538. The highest BCUT2D eigenvalue weighted by Crippen LogP contribution is 2.30. The minimum atomic E-state index is -4.68. The molecule has 190 valence electrons. The van der Waals surface area contributed by atoms with Crippen LogP contribution in [0.2, 0.25) is 0 Å². The molecule has 9 heteroatoms. The minimum Gasteiger partial charge on any atom is -0.406 e. The maximum Gasteiger partial charge on any atom is 0.573 e. The van der Waals surface area contributed by atoms with E-state index in [1.165, 1.54) is 6.07 Å². The van der Waals surface area contributed by atoms with Gasteiger partial charge in [-0.3, -0.25) is 4.99 Å². The molecule has 1 heterocycles. The van der Waals surface area contributed by atoms with E-state index in [2.05, 4.69) is 50.8 Å². The van der Waals surface area contributed by atoms with Crippen LogP contribution < -0.4 is 20.7 Å². The quantitative estimate of drug-likeness (QED) is 0.498. The van der Waals surface area contributed by atoms with E-state index in [9.17, 15) is 13.2 Å². The van der Waals surface area contributed by atoms with Crippen LogP contribution >= 0.6 is 0 Å². The summed E-state index contributed by atoms with van der Waals surface area (Å²) in [6.45, 7) is 3.62. The third kappa shape index (κ3) is 6.66. The van der Waals surface area contributed by atoms with Crippen molar-refractivity contribution in [2.75, 3.05) is 20.1 Å². The highest BCUT2D eigenvalue weighted by atomic mass is 19.4. The second-order valence-electron chi connectivity index (χ2n) is 9.63. The van der Waals surface area contributed by atoms with E-state index >= 15 is 0 Å². The first-order chi connectivity index (χ1) is 16.8. The van der Waals surface area contributed by atoms with Crippen molar-refractivity contribution >= 4 is 11.8 Å². The standard InChI is InChI=1S/C26H34F3N5O/c1-25-15-6-5-8-21(25)23(30-2)33-24(34-25)32-20-12-10-18(11-13-20)17-31-16-14-19-7-3-4-9-22(19)35-26(27,28)29/h3-9,15,18,20-21,31H,10-14,16-17H2,1-2H3,(H2,30,32,33,34). The zero-order valence-electron chi connectivity index (χ0n) is 20.2. The van der Waals surface area contributed by atoms with Crippen LogP contribution in [0.3, 0.4) is 0 Å². The van der Waals surface area contributed by atoms with Gasteiger partial charge in [-0.25, -0.2) is 4.99 Å². The van der Waals surface area contributed by atoms with Crippen molar-refractivity contribution in [2.45, 2.75) is 57.0 Å². The van der Waals surface area contributed by atoms with Gasteiger partial charge in [-0.2, -0.15) is 0 Å². The van der Waals surface area contributed by atoms with Crippen LogP contribution in [0.4, 0.5) is 13.2 Å². The van der Waals surface area contributed by atoms with E-state index in [-0.39, 0.29) is 23.2 Å². The molecule has 0 bridgehead atoms. The van der Waals surface area contributed by atoms with E-state index in [1.807, 2.05) is 6.08 Å². The molecule has 2 aliphatic carbocycles. The first-order valence-corrected chi connectivity index (χ1v) is 12.3. The van der Waals surface area contributed by atoms with Crippen molar-refractivity contribution in [2.24, 2.45) is 21.8 Å². The highest BCUT2D eigenvalue weighted by molar-refractivity contribution is 6.05. The van der Waals surface area contributed by atoms with E-state index in [4.69, 9.17) is 4.99 Å². The minimum absolute atomic E-state index is 0.123. The van der Waals surface area contributed by atoms with Gasteiger partial charge in [0.15, 0.2) is 5.96 Å². The topological polar surface area (TPSA) is 70.0 Å². The van der Waals surface area contributed by atoms with Gasteiger partial charge >= 0.3 is 6.36 Å². The monoisotopic (exact) mass is 489 g/mol. The number of ether oxygens (including phenoxy) is 1. The molecule has 0 amide bonds. The first-order valence-electron chi connectivity index (χ1n) is 12.3. The number of aliphatic imine (C=N–C) groups is 2. The van der Waals surface area contributed by atoms with Gasteiger partial charge in [0.1, 0.15) is 11.6 Å². The Kier molecular flexibility index (Phi) is 7.84. The molecule has 1 aromatic carbocycles. The molecule has 3 N–H and O–H groups in total. The van der Waals surface area contributed by atoms with Crippen molar-refractivity contribution < 1.29 is 17.9 Å². The van der Waals surface area contributed by atoms with E-state index < -0.39 is 6.36 Å². The van der Waals surface area contributed by atoms with Crippen molar-refractivity contribution in [1.82, 2.24) is 16.0 Å². The number of benzene rings is 1. The Labute approximate surface area is 204 Å². The lowest BCUT2D eigenvalue weighted by Crippen LogP contribution is -2.65. The number of hydrogen-bond acceptors (Lipinski definition) is 4. The Morgan fingerprint density at radius 1 is 1.14 bits per heavy atom. The molecule has 2 unspecified atom stereocenters. The van der Waals surface area contributed by atoms with Gasteiger partial charge in [0.2, 0.25) is 0 Å². The van der Waals surface area contributed by atoms with Crippen molar-refractivity contribution in [1.29, 1.82) is 0 Å². The molecule has 0 radical (unpaired) electrons. The lowest BCUT2D eigenvalue weighted by molar-refractivity contribution is -0.274. The molecule has 35 heavy (non-hydrogen) atoms. The number of alkyl halides is 3.